The molecule has 4 N–H and O–H groups in total. The third-order valence-corrected chi connectivity index (χ3v) is 5.54. The van der Waals surface area contributed by atoms with Crippen molar-refractivity contribution in [1.29, 1.82) is 0 Å². The van der Waals surface area contributed by atoms with Crippen LogP contribution >= 0.6 is 0 Å². The molecule has 0 radical (unpaired) electrons. The van der Waals surface area contributed by atoms with Gasteiger partial charge in [-0.05, 0) is 42.5 Å². The highest BCUT2D eigenvalue weighted by atomic mass is 15.0. The van der Waals surface area contributed by atoms with Crippen molar-refractivity contribution < 1.29 is 0 Å². The van der Waals surface area contributed by atoms with Gasteiger partial charge in [0.15, 0.2) is 0 Å². The summed E-state index contributed by atoms with van der Waals surface area (Å²) in [7, 11) is 0. The maximum Gasteiger partial charge on any atom is 0.129 e. The van der Waals surface area contributed by atoms with E-state index < -0.39 is 0 Å². The van der Waals surface area contributed by atoms with E-state index in [4.69, 9.17) is 5.73 Å². The molecule has 0 spiro atoms. The van der Waals surface area contributed by atoms with Crippen molar-refractivity contribution in [3.63, 3.8) is 0 Å². The number of nitrogens with zero attached hydrogens (tertiary/aromatic N) is 1. The summed E-state index contributed by atoms with van der Waals surface area (Å²) in [5.74, 6) is 1.43. The van der Waals surface area contributed by atoms with Gasteiger partial charge in [-0.25, -0.2) is 0 Å². The molecule has 4 heteroatoms. The van der Waals surface area contributed by atoms with Gasteiger partial charge in [0.25, 0.3) is 0 Å². The highest BCUT2D eigenvalue weighted by Gasteiger charge is 2.25. The first-order valence-corrected chi connectivity index (χ1v) is 10.8. The average Bonchev–Trinajstić information content (AvgIpc) is 2.75. The van der Waals surface area contributed by atoms with Crippen molar-refractivity contribution in [2.45, 2.75) is 38.1 Å². The first kappa shape index (κ1) is 24.0. The number of rotatable bonds is 13. The van der Waals surface area contributed by atoms with E-state index in [0.29, 0.717) is 11.9 Å². The summed E-state index contributed by atoms with van der Waals surface area (Å²) in [4.78, 5) is 4.68. The lowest BCUT2D eigenvalue weighted by Crippen LogP contribution is -2.31. The van der Waals surface area contributed by atoms with E-state index in [2.05, 4.69) is 73.1 Å². The Labute approximate surface area is 187 Å². The Morgan fingerprint density at radius 3 is 2.52 bits per heavy atom. The minimum absolute atomic E-state index is 0.207. The molecule has 2 rings (SSSR count). The lowest BCUT2D eigenvalue weighted by molar-refractivity contribution is 0.292. The molecule has 0 bridgehead atoms. The third kappa shape index (κ3) is 7.18. The highest BCUT2D eigenvalue weighted by molar-refractivity contribution is 6.00. The SMILES string of the molecule is C=C/C=C(\C=C)C(CCNC(=C)/C(=C/NC=C)C(N)=NC1CC(C)C1)c1ccccc1. The number of benzene rings is 1. The van der Waals surface area contributed by atoms with Gasteiger partial charge in [-0.15, -0.1) is 0 Å². The van der Waals surface area contributed by atoms with Crippen molar-refractivity contribution in [3.8, 4) is 0 Å². The quantitative estimate of drug-likeness (QED) is 0.231. The second-order valence-corrected chi connectivity index (χ2v) is 7.94. The van der Waals surface area contributed by atoms with E-state index in [9.17, 15) is 0 Å². The molecule has 0 aromatic heterocycles. The standard InChI is InChI=1S/C27H36N4/c1-6-12-22(7-2)25(23-13-10-9-11-14-23)15-16-30-21(5)26(19-29-8-3)27(28)31-24-17-20(4)18-24/h6-14,19-20,24-25,29-30H,1-3,5,15-18H2,4H3,(H2,28,31)/b22-12+,26-19-. The van der Waals surface area contributed by atoms with E-state index in [1.54, 1.807) is 18.5 Å². The van der Waals surface area contributed by atoms with Crippen LogP contribution in [0.15, 0.2) is 109 Å². The second kappa shape index (κ2) is 12.4. The Kier molecular flexibility index (Phi) is 9.63. The van der Waals surface area contributed by atoms with Crippen LogP contribution in [0.3, 0.4) is 0 Å². The van der Waals surface area contributed by atoms with Gasteiger partial charge in [0.1, 0.15) is 5.84 Å². The first-order valence-electron chi connectivity index (χ1n) is 10.8. The Balaban J connectivity index is 2.09. The van der Waals surface area contributed by atoms with E-state index in [-0.39, 0.29) is 5.92 Å². The molecule has 1 fully saturated rings. The molecule has 0 saturated heterocycles. The Bertz CT molecular complexity index is 854. The van der Waals surface area contributed by atoms with E-state index in [0.717, 1.165) is 48.6 Å². The predicted octanol–water partition coefficient (Wildman–Crippen LogP) is 5.33. The molecule has 0 amide bonds. The average molecular weight is 417 g/mol. The van der Waals surface area contributed by atoms with Gasteiger partial charge < -0.3 is 16.4 Å². The topological polar surface area (TPSA) is 62.4 Å². The molecule has 1 saturated carbocycles. The summed E-state index contributed by atoms with van der Waals surface area (Å²) in [5, 5.41) is 6.43. The number of hydrogen-bond acceptors (Lipinski definition) is 3. The van der Waals surface area contributed by atoms with Gasteiger partial charge in [-0.3, -0.25) is 4.99 Å². The van der Waals surface area contributed by atoms with Gasteiger partial charge in [-0.1, -0.05) is 81.8 Å². The summed E-state index contributed by atoms with van der Waals surface area (Å²) in [6.45, 7) is 18.7. The van der Waals surface area contributed by atoms with Crippen LogP contribution in [0.25, 0.3) is 0 Å². The second-order valence-electron chi connectivity index (χ2n) is 7.94. The zero-order valence-electron chi connectivity index (χ0n) is 18.7. The van der Waals surface area contributed by atoms with E-state index >= 15 is 0 Å². The minimum atomic E-state index is 0.207. The summed E-state index contributed by atoms with van der Waals surface area (Å²) >= 11 is 0. The van der Waals surface area contributed by atoms with Crippen LogP contribution < -0.4 is 16.4 Å². The number of hydrogen-bond donors (Lipinski definition) is 3. The molecule has 1 aliphatic carbocycles. The van der Waals surface area contributed by atoms with Gasteiger partial charge in [0, 0.05) is 24.4 Å². The number of amidine groups is 1. The number of allylic oxidation sites excluding steroid dienone is 4. The molecule has 1 unspecified atom stereocenters. The molecule has 0 aliphatic heterocycles. The molecule has 0 heterocycles. The van der Waals surface area contributed by atoms with Crippen LogP contribution in [-0.2, 0) is 0 Å². The molecule has 164 valence electrons. The van der Waals surface area contributed by atoms with Gasteiger partial charge >= 0.3 is 0 Å². The van der Waals surface area contributed by atoms with Crippen LogP contribution in [0.5, 0.6) is 0 Å². The molecule has 1 aromatic rings. The van der Waals surface area contributed by atoms with Crippen molar-refractivity contribution >= 4 is 5.84 Å². The lowest BCUT2D eigenvalue weighted by atomic mass is 9.82. The Hall–Kier alpha value is -3.27. The molecule has 1 aliphatic rings. The zero-order chi connectivity index (χ0) is 22.6. The van der Waals surface area contributed by atoms with Gasteiger partial charge in [0.05, 0.1) is 11.6 Å². The number of nitrogens with one attached hydrogen (secondary N) is 2. The normalized spacial score (nSPS) is 20.2. The molecule has 31 heavy (non-hydrogen) atoms. The largest absolute Gasteiger partial charge is 0.385 e. The summed E-state index contributed by atoms with van der Waals surface area (Å²) in [6, 6.07) is 10.7. The van der Waals surface area contributed by atoms with Gasteiger partial charge in [0.2, 0.25) is 0 Å². The smallest absolute Gasteiger partial charge is 0.129 e. The fourth-order valence-electron chi connectivity index (χ4n) is 3.83. The summed E-state index contributed by atoms with van der Waals surface area (Å²) < 4.78 is 0. The Morgan fingerprint density at radius 2 is 1.94 bits per heavy atom. The van der Waals surface area contributed by atoms with Crippen LogP contribution in [-0.4, -0.2) is 18.4 Å². The molecule has 1 aromatic carbocycles. The highest BCUT2D eigenvalue weighted by Crippen LogP contribution is 2.30. The van der Waals surface area contributed by atoms with Crippen LogP contribution in [0.1, 0.15) is 37.7 Å². The van der Waals surface area contributed by atoms with E-state index in [1.165, 1.54) is 5.56 Å². The van der Waals surface area contributed by atoms with Crippen molar-refractivity contribution in [1.82, 2.24) is 10.6 Å². The van der Waals surface area contributed by atoms with Gasteiger partial charge in [-0.2, -0.15) is 0 Å². The maximum absolute atomic E-state index is 6.32. The third-order valence-electron chi connectivity index (χ3n) is 5.54. The van der Waals surface area contributed by atoms with Crippen LogP contribution in [0.4, 0.5) is 0 Å². The molecule has 1 atom stereocenters. The number of nitrogens with two attached hydrogens (primary N) is 1. The van der Waals surface area contributed by atoms with Crippen molar-refractivity contribution in [3.05, 3.63) is 110 Å². The molecular weight excluding hydrogens is 380 g/mol. The molecular formula is C27H36N4. The van der Waals surface area contributed by atoms with Crippen molar-refractivity contribution in [2.24, 2.45) is 16.6 Å². The molecule has 4 nitrogen and oxygen atoms in total. The predicted molar refractivity (Wildman–Crippen MR) is 135 cm³/mol. The summed E-state index contributed by atoms with van der Waals surface area (Å²) in [5.41, 5.74) is 10.2. The fraction of sp³-hybridized carbons (Fsp3) is 0.296. The Morgan fingerprint density at radius 1 is 1.23 bits per heavy atom. The van der Waals surface area contributed by atoms with Crippen molar-refractivity contribution in [2.75, 3.05) is 6.54 Å². The fourth-order valence-corrected chi connectivity index (χ4v) is 3.83. The van der Waals surface area contributed by atoms with E-state index in [1.807, 2.05) is 18.2 Å². The zero-order valence-corrected chi connectivity index (χ0v) is 18.7. The van der Waals surface area contributed by atoms with Crippen LogP contribution in [0, 0.1) is 5.92 Å². The minimum Gasteiger partial charge on any atom is -0.385 e. The summed E-state index contributed by atoms with van der Waals surface area (Å²) in [6.07, 6.45) is 12.2. The maximum atomic E-state index is 6.32. The monoisotopic (exact) mass is 416 g/mol. The number of aliphatic imine (C=N–C) groups is 1. The first-order chi connectivity index (χ1) is 15.0. The van der Waals surface area contributed by atoms with Crippen LogP contribution in [0.2, 0.25) is 0 Å². The lowest BCUT2D eigenvalue weighted by Gasteiger charge is -2.30.